The summed E-state index contributed by atoms with van der Waals surface area (Å²) in [6.45, 7) is 0.848. The van der Waals surface area contributed by atoms with Crippen molar-refractivity contribution in [3.63, 3.8) is 0 Å². The Labute approximate surface area is 121 Å². The molecule has 1 amide bonds. The van der Waals surface area contributed by atoms with Gasteiger partial charge in [-0.3, -0.25) is 4.79 Å². The summed E-state index contributed by atoms with van der Waals surface area (Å²) in [5.41, 5.74) is 0. The number of aliphatic hydroxyl groups excluding tert-OH is 1. The first kappa shape index (κ1) is 14.4. The van der Waals surface area contributed by atoms with Crippen LogP contribution in [0.2, 0.25) is 0 Å². The van der Waals surface area contributed by atoms with Crippen molar-refractivity contribution in [2.24, 2.45) is 5.92 Å². The van der Waals surface area contributed by atoms with Crippen molar-refractivity contribution in [2.75, 3.05) is 24.7 Å². The third kappa shape index (κ3) is 4.57. The van der Waals surface area contributed by atoms with Gasteiger partial charge in [0.05, 0.1) is 16.4 Å². The molecular formula is C14H17NO2S2. The van der Waals surface area contributed by atoms with E-state index in [9.17, 15) is 4.79 Å². The van der Waals surface area contributed by atoms with Crippen LogP contribution in [0.5, 0.6) is 0 Å². The molecule has 2 N–H and O–H groups in total. The van der Waals surface area contributed by atoms with Gasteiger partial charge in [-0.2, -0.15) is 11.8 Å². The van der Waals surface area contributed by atoms with E-state index in [1.54, 1.807) is 0 Å². The van der Waals surface area contributed by atoms with Crippen LogP contribution in [0.4, 0.5) is 0 Å². The molecule has 19 heavy (non-hydrogen) atoms. The molecule has 1 atom stereocenters. The SMILES string of the molecule is O=C(NCC1CCSC1)c1ccc(C#CCCO)s1. The summed E-state index contributed by atoms with van der Waals surface area (Å²) in [4.78, 5) is 13.5. The molecule has 0 aromatic carbocycles. The van der Waals surface area contributed by atoms with Gasteiger partial charge in [-0.25, -0.2) is 0 Å². The molecule has 0 radical (unpaired) electrons. The average molecular weight is 295 g/mol. The molecule has 0 aliphatic carbocycles. The highest BCUT2D eigenvalue weighted by Crippen LogP contribution is 2.22. The van der Waals surface area contributed by atoms with Gasteiger partial charge in [0.2, 0.25) is 0 Å². The molecule has 1 aliphatic heterocycles. The minimum atomic E-state index is -0.00268. The van der Waals surface area contributed by atoms with Crippen LogP contribution in [0, 0.1) is 17.8 Å². The molecule has 0 bridgehead atoms. The number of nitrogens with one attached hydrogen (secondary N) is 1. The van der Waals surface area contributed by atoms with E-state index in [0.717, 1.165) is 17.2 Å². The van der Waals surface area contributed by atoms with E-state index < -0.39 is 0 Å². The lowest BCUT2D eigenvalue weighted by atomic mass is 10.1. The Hall–Kier alpha value is -0.960. The van der Waals surface area contributed by atoms with Crippen LogP contribution in [0.1, 0.15) is 27.4 Å². The molecule has 1 fully saturated rings. The monoisotopic (exact) mass is 295 g/mol. The van der Waals surface area contributed by atoms with Gasteiger partial charge < -0.3 is 10.4 Å². The molecular weight excluding hydrogens is 278 g/mol. The van der Waals surface area contributed by atoms with Crippen LogP contribution in [0.15, 0.2) is 12.1 Å². The Morgan fingerprint density at radius 1 is 1.53 bits per heavy atom. The molecule has 0 saturated carbocycles. The standard InChI is InChI=1S/C14H17NO2S2/c16-7-2-1-3-12-4-5-13(19-12)14(17)15-9-11-6-8-18-10-11/h4-5,11,16H,2,6-10H2,(H,15,17). The molecule has 1 aromatic rings. The van der Waals surface area contributed by atoms with Crippen molar-refractivity contribution in [1.29, 1.82) is 0 Å². The second-order valence-corrected chi connectivity index (χ2v) is 6.61. The number of carbonyl (C=O) groups excluding carboxylic acids is 1. The smallest absolute Gasteiger partial charge is 0.261 e. The van der Waals surface area contributed by atoms with E-state index >= 15 is 0 Å². The normalized spacial score (nSPS) is 17.8. The molecule has 2 rings (SSSR count). The molecule has 2 heterocycles. The first-order valence-corrected chi connectivity index (χ1v) is 8.32. The Morgan fingerprint density at radius 3 is 3.16 bits per heavy atom. The van der Waals surface area contributed by atoms with Gasteiger partial charge in [0.25, 0.3) is 5.91 Å². The summed E-state index contributed by atoms with van der Waals surface area (Å²) in [6, 6.07) is 3.67. The fraction of sp³-hybridized carbons (Fsp3) is 0.500. The lowest BCUT2D eigenvalue weighted by molar-refractivity contribution is 0.0952. The van der Waals surface area contributed by atoms with Crippen molar-refractivity contribution in [3.8, 4) is 11.8 Å². The van der Waals surface area contributed by atoms with Crippen LogP contribution < -0.4 is 5.32 Å². The number of hydrogen-bond donors (Lipinski definition) is 2. The van der Waals surface area contributed by atoms with E-state index in [4.69, 9.17) is 5.11 Å². The van der Waals surface area contributed by atoms with Crippen LogP contribution >= 0.6 is 23.1 Å². The number of aliphatic hydroxyl groups is 1. The maximum Gasteiger partial charge on any atom is 0.261 e. The van der Waals surface area contributed by atoms with Gasteiger partial charge in [0, 0.05) is 13.0 Å². The number of thiophene rings is 1. The van der Waals surface area contributed by atoms with E-state index in [0.29, 0.717) is 17.2 Å². The molecule has 3 nitrogen and oxygen atoms in total. The second kappa shape index (κ2) is 7.59. The van der Waals surface area contributed by atoms with Crippen LogP contribution in [0.25, 0.3) is 0 Å². The lowest BCUT2D eigenvalue weighted by Gasteiger charge is -2.08. The fourth-order valence-electron chi connectivity index (χ4n) is 1.80. The molecule has 5 heteroatoms. The van der Waals surface area contributed by atoms with Gasteiger partial charge in [0.1, 0.15) is 0 Å². The predicted octanol–water partition coefficient (Wildman–Crippen LogP) is 1.96. The topological polar surface area (TPSA) is 49.3 Å². The maximum atomic E-state index is 11.9. The molecule has 1 unspecified atom stereocenters. The zero-order valence-corrected chi connectivity index (χ0v) is 12.3. The van der Waals surface area contributed by atoms with Crippen molar-refractivity contribution < 1.29 is 9.90 Å². The van der Waals surface area contributed by atoms with Crippen LogP contribution in [-0.2, 0) is 0 Å². The fourth-order valence-corrected chi connectivity index (χ4v) is 3.88. The summed E-state index contributed by atoms with van der Waals surface area (Å²) in [5, 5.41) is 11.6. The lowest BCUT2D eigenvalue weighted by Crippen LogP contribution is -2.28. The highest BCUT2D eigenvalue weighted by Gasteiger charge is 2.17. The van der Waals surface area contributed by atoms with Crippen LogP contribution in [-0.4, -0.2) is 35.7 Å². The minimum absolute atomic E-state index is 0.00268. The Bertz CT molecular complexity index is 481. The maximum absolute atomic E-state index is 11.9. The molecule has 1 saturated heterocycles. The summed E-state index contributed by atoms with van der Waals surface area (Å²) in [5.74, 6) is 8.79. The summed E-state index contributed by atoms with van der Waals surface area (Å²) < 4.78 is 0. The minimum Gasteiger partial charge on any atom is -0.395 e. The Kier molecular flexibility index (Phi) is 5.77. The molecule has 0 spiro atoms. The third-order valence-electron chi connectivity index (χ3n) is 2.85. The molecule has 1 aliphatic rings. The second-order valence-electron chi connectivity index (χ2n) is 4.38. The molecule has 102 valence electrons. The highest BCUT2D eigenvalue weighted by atomic mass is 32.2. The van der Waals surface area contributed by atoms with Gasteiger partial charge in [0.15, 0.2) is 0 Å². The predicted molar refractivity (Wildman–Crippen MR) is 80.7 cm³/mol. The number of carbonyl (C=O) groups is 1. The first-order valence-electron chi connectivity index (χ1n) is 6.35. The zero-order chi connectivity index (χ0) is 13.5. The van der Waals surface area contributed by atoms with Crippen LogP contribution in [0.3, 0.4) is 0 Å². The largest absolute Gasteiger partial charge is 0.395 e. The van der Waals surface area contributed by atoms with E-state index in [1.165, 1.54) is 23.5 Å². The number of hydrogen-bond acceptors (Lipinski definition) is 4. The Balaban J connectivity index is 1.83. The van der Waals surface area contributed by atoms with Crippen molar-refractivity contribution in [3.05, 3.63) is 21.9 Å². The van der Waals surface area contributed by atoms with E-state index in [2.05, 4.69) is 17.2 Å². The van der Waals surface area contributed by atoms with E-state index in [1.807, 2.05) is 23.9 Å². The van der Waals surface area contributed by atoms with Gasteiger partial charge in [-0.1, -0.05) is 11.8 Å². The van der Waals surface area contributed by atoms with E-state index in [-0.39, 0.29) is 12.5 Å². The Morgan fingerprint density at radius 2 is 2.42 bits per heavy atom. The quantitative estimate of drug-likeness (QED) is 0.835. The number of rotatable bonds is 4. The van der Waals surface area contributed by atoms with Gasteiger partial charge >= 0.3 is 0 Å². The number of amides is 1. The van der Waals surface area contributed by atoms with Crippen molar-refractivity contribution >= 4 is 29.0 Å². The van der Waals surface area contributed by atoms with Crippen molar-refractivity contribution in [1.82, 2.24) is 5.32 Å². The first-order chi connectivity index (χ1) is 9.29. The van der Waals surface area contributed by atoms with Gasteiger partial charge in [-0.05, 0) is 36.0 Å². The highest BCUT2D eigenvalue weighted by molar-refractivity contribution is 7.99. The van der Waals surface area contributed by atoms with Gasteiger partial charge in [-0.15, -0.1) is 11.3 Å². The average Bonchev–Trinajstić information content (AvgIpc) is 3.07. The summed E-state index contributed by atoms with van der Waals surface area (Å²) in [7, 11) is 0. The summed E-state index contributed by atoms with van der Waals surface area (Å²) >= 11 is 3.36. The zero-order valence-electron chi connectivity index (χ0n) is 10.6. The molecule has 1 aromatic heterocycles. The third-order valence-corrected chi connectivity index (χ3v) is 5.08. The van der Waals surface area contributed by atoms with Crippen molar-refractivity contribution in [2.45, 2.75) is 12.8 Å². The number of thioether (sulfide) groups is 1. The summed E-state index contributed by atoms with van der Waals surface area (Å²) in [6.07, 6.45) is 1.67.